The molecule has 0 saturated carbocycles. The molecule has 3 rings (SSSR count). The Morgan fingerprint density at radius 1 is 1.19 bits per heavy atom. The number of guanidine groups is 1. The molecule has 2 N–H and O–H groups in total. The number of halogens is 1. The molecule has 2 aromatic rings. The van der Waals surface area contributed by atoms with Gasteiger partial charge < -0.3 is 20.1 Å². The molecule has 0 bridgehead atoms. The summed E-state index contributed by atoms with van der Waals surface area (Å²) in [4.78, 5) is 4.71. The van der Waals surface area contributed by atoms with E-state index in [2.05, 4.69) is 23.6 Å². The Kier molecular flexibility index (Phi) is 8.71. The minimum Gasteiger partial charge on any atom is -0.493 e. The molecule has 0 aliphatic carbocycles. The van der Waals surface area contributed by atoms with Crippen molar-refractivity contribution >= 4 is 29.9 Å². The first-order chi connectivity index (χ1) is 12.8. The Bertz CT molecular complexity index is 724. The van der Waals surface area contributed by atoms with Gasteiger partial charge in [0.05, 0.1) is 19.2 Å². The van der Waals surface area contributed by atoms with Crippen LogP contribution in [0.3, 0.4) is 0 Å². The summed E-state index contributed by atoms with van der Waals surface area (Å²) in [6.07, 6.45) is 0.909. The first-order valence-electron chi connectivity index (χ1n) is 9.24. The van der Waals surface area contributed by atoms with E-state index in [1.807, 2.05) is 55.5 Å². The molecule has 2 aromatic carbocycles. The van der Waals surface area contributed by atoms with E-state index in [1.54, 1.807) is 0 Å². The average molecular weight is 481 g/mol. The van der Waals surface area contributed by atoms with Gasteiger partial charge in [0.2, 0.25) is 0 Å². The van der Waals surface area contributed by atoms with Crippen LogP contribution in [0, 0.1) is 0 Å². The number of nitrogens with one attached hydrogen (secondary N) is 2. The van der Waals surface area contributed by atoms with E-state index < -0.39 is 0 Å². The molecule has 1 heterocycles. The number of hydrogen-bond acceptors (Lipinski definition) is 3. The molecule has 0 aromatic heterocycles. The van der Waals surface area contributed by atoms with E-state index in [0.29, 0.717) is 13.2 Å². The zero-order chi connectivity index (χ0) is 18.2. The van der Waals surface area contributed by atoms with E-state index in [9.17, 15) is 0 Å². The Labute approximate surface area is 178 Å². The second-order valence-electron chi connectivity index (χ2n) is 6.33. The van der Waals surface area contributed by atoms with Crippen molar-refractivity contribution < 1.29 is 9.47 Å². The summed E-state index contributed by atoms with van der Waals surface area (Å²) in [5, 5.41) is 6.86. The van der Waals surface area contributed by atoms with Crippen LogP contribution in [-0.2, 0) is 0 Å². The molecule has 0 amide bonds. The van der Waals surface area contributed by atoms with Crippen LogP contribution in [0.2, 0.25) is 0 Å². The maximum absolute atomic E-state index is 5.91. The molecule has 2 unspecified atom stereocenters. The third-order valence-electron chi connectivity index (χ3n) is 4.20. The van der Waals surface area contributed by atoms with Crippen LogP contribution in [0.1, 0.15) is 31.9 Å². The number of para-hydroxylation sites is 2. The molecule has 1 aliphatic rings. The van der Waals surface area contributed by atoms with Gasteiger partial charge in [-0.3, -0.25) is 0 Å². The van der Waals surface area contributed by atoms with Crippen LogP contribution in [0.4, 0.5) is 0 Å². The Morgan fingerprint density at radius 3 is 2.70 bits per heavy atom. The number of fused-ring (bicyclic) bond motifs is 1. The molecule has 0 fully saturated rings. The van der Waals surface area contributed by atoms with Crippen LogP contribution < -0.4 is 20.1 Å². The van der Waals surface area contributed by atoms with E-state index >= 15 is 0 Å². The standard InChI is InChI=1S/C21H27N3O2.HI/c1-3-22-21(23-15-16(2)26-17-9-5-4-6-10-17)24-19-13-14-25-20-12-8-7-11-18(19)20;/h4-12,16,19H,3,13-15H2,1-2H3,(H2,22,23,24);1H. The van der Waals surface area contributed by atoms with Crippen LogP contribution in [0.5, 0.6) is 11.5 Å². The van der Waals surface area contributed by atoms with Crippen LogP contribution in [0.25, 0.3) is 0 Å². The minimum atomic E-state index is -0.00479. The van der Waals surface area contributed by atoms with Gasteiger partial charge in [0.15, 0.2) is 5.96 Å². The van der Waals surface area contributed by atoms with Crippen molar-refractivity contribution in [1.82, 2.24) is 10.6 Å². The van der Waals surface area contributed by atoms with Crippen molar-refractivity contribution in [3.8, 4) is 11.5 Å². The topological polar surface area (TPSA) is 54.9 Å². The number of rotatable bonds is 6. The van der Waals surface area contributed by atoms with Gasteiger partial charge in [0.25, 0.3) is 0 Å². The highest BCUT2D eigenvalue weighted by molar-refractivity contribution is 14.0. The molecule has 0 saturated heterocycles. The fraction of sp³-hybridized carbons (Fsp3) is 0.381. The van der Waals surface area contributed by atoms with Crippen LogP contribution >= 0.6 is 24.0 Å². The lowest BCUT2D eigenvalue weighted by Gasteiger charge is -2.28. The zero-order valence-corrected chi connectivity index (χ0v) is 18.2. The lowest BCUT2D eigenvalue weighted by Crippen LogP contribution is -2.41. The number of ether oxygens (including phenoxy) is 2. The van der Waals surface area contributed by atoms with Gasteiger partial charge in [-0.25, -0.2) is 4.99 Å². The van der Waals surface area contributed by atoms with Gasteiger partial charge in [-0.2, -0.15) is 0 Å². The van der Waals surface area contributed by atoms with E-state index in [0.717, 1.165) is 30.4 Å². The molecule has 146 valence electrons. The molecular formula is C21H28IN3O2. The molecule has 2 atom stereocenters. The lowest BCUT2D eigenvalue weighted by molar-refractivity contribution is 0.230. The number of aliphatic imine (C=N–C) groups is 1. The maximum Gasteiger partial charge on any atom is 0.191 e. The molecule has 1 aliphatic heterocycles. The second-order valence-corrected chi connectivity index (χ2v) is 6.33. The fourth-order valence-electron chi connectivity index (χ4n) is 2.97. The number of hydrogen-bond donors (Lipinski definition) is 2. The van der Waals surface area contributed by atoms with Crippen LogP contribution in [-0.4, -0.2) is 31.8 Å². The lowest BCUT2D eigenvalue weighted by atomic mass is 10.0. The van der Waals surface area contributed by atoms with Crippen molar-refractivity contribution in [3.05, 3.63) is 60.2 Å². The Balaban J connectivity index is 0.00000261. The Morgan fingerprint density at radius 2 is 1.93 bits per heavy atom. The summed E-state index contributed by atoms with van der Waals surface area (Å²) < 4.78 is 11.6. The van der Waals surface area contributed by atoms with Gasteiger partial charge in [-0.1, -0.05) is 36.4 Å². The summed E-state index contributed by atoms with van der Waals surface area (Å²) in [7, 11) is 0. The monoisotopic (exact) mass is 481 g/mol. The van der Waals surface area contributed by atoms with Crippen LogP contribution in [0.15, 0.2) is 59.6 Å². The van der Waals surface area contributed by atoms with Crippen molar-refractivity contribution in [1.29, 1.82) is 0 Å². The quantitative estimate of drug-likeness (QED) is 0.370. The first kappa shape index (κ1) is 21.3. The summed E-state index contributed by atoms with van der Waals surface area (Å²) in [5.74, 6) is 2.62. The van der Waals surface area contributed by atoms with E-state index in [4.69, 9.17) is 14.5 Å². The molecule has 0 spiro atoms. The van der Waals surface area contributed by atoms with E-state index in [-0.39, 0.29) is 36.1 Å². The van der Waals surface area contributed by atoms with Gasteiger partial charge in [0.1, 0.15) is 17.6 Å². The highest BCUT2D eigenvalue weighted by Gasteiger charge is 2.21. The van der Waals surface area contributed by atoms with Crippen molar-refractivity contribution in [2.24, 2.45) is 4.99 Å². The SMILES string of the molecule is CCNC(=NCC(C)Oc1ccccc1)NC1CCOc2ccccc21.I. The molecular weight excluding hydrogens is 453 g/mol. The molecule has 0 radical (unpaired) electrons. The van der Waals surface area contributed by atoms with Crippen molar-refractivity contribution in [3.63, 3.8) is 0 Å². The molecule has 5 nitrogen and oxygen atoms in total. The molecule has 27 heavy (non-hydrogen) atoms. The highest BCUT2D eigenvalue weighted by Crippen LogP contribution is 2.31. The first-order valence-corrected chi connectivity index (χ1v) is 9.24. The van der Waals surface area contributed by atoms with Gasteiger partial charge in [-0.05, 0) is 32.0 Å². The average Bonchev–Trinajstić information content (AvgIpc) is 2.67. The van der Waals surface area contributed by atoms with Crippen molar-refractivity contribution in [2.75, 3.05) is 19.7 Å². The van der Waals surface area contributed by atoms with Gasteiger partial charge >= 0.3 is 0 Å². The summed E-state index contributed by atoms with van der Waals surface area (Å²) >= 11 is 0. The van der Waals surface area contributed by atoms with E-state index in [1.165, 1.54) is 5.56 Å². The summed E-state index contributed by atoms with van der Waals surface area (Å²) in [6, 6.07) is 18.2. The second kappa shape index (κ2) is 11.0. The number of nitrogens with zero attached hydrogens (tertiary/aromatic N) is 1. The summed E-state index contributed by atoms with van der Waals surface area (Å²) in [5.41, 5.74) is 1.18. The predicted octanol–water partition coefficient (Wildman–Crippen LogP) is 4.15. The van der Waals surface area contributed by atoms with Gasteiger partial charge in [0, 0.05) is 18.5 Å². The highest BCUT2D eigenvalue weighted by atomic mass is 127. The largest absolute Gasteiger partial charge is 0.493 e. The minimum absolute atomic E-state index is 0. The summed E-state index contributed by atoms with van der Waals surface area (Å²) in [6.45, 7) is 6.20. The molecule has 6 heteroatoms. The van der Waals surface area contributed by atoms with Crippen molar-refractivity contribution in [2.45, 2.75) is 32.4 Å². The van der Waals surface area contributed by atoms with Gasteiger partial charge in [-0.15, -0.1) is 24.0 Å². The third kappa shape index (κ3) is 6.30. The number of benzene rings is 2. The smallest absolute Gasteiger partial charge is 0.191 e. The third-order valence-corrected chi connectivity index (χ3v) is 4.20. The normalized spacial score (nSPS) is 17.0. The maximum atomic E-state index is 5.91. The Hall–Kier alpha value is -1.96. The fourth-order valence-corrected chi connectivity index (χ4v) is 2.97. The zero-order valence-electron chi connectivity index (χ0n) is 15.9. The predicted molar refractivity (Wildman–Crippen MR) is 120 cm³/mol.